The molecular weight excluding hydrogens is 645 g/mol. The highest BCUT2D eigenvalue weighted by molar-refractivity contribution is 6.13. The van der Waals surface area contributed by atoms with E-state index in [-0.39, 0.29) is 0 Å². The zero-order valence-electron chi connectivity index (χ0n) is 28.6. The molecule has 3 heterocycles. The summed E-state index contributed by atoms with van der Waals surface area (Å²) in [7, 11) is 0. The number of hydrogen-bond donors (Lipinski definition) is 0. The molecular formula is C49H30N4. The van der Waals surface area contributed by atoms with Crippen molar-refractivity contribution in [3.8, 4) is 28.2 Å². The molecule has 0 aliphatic heterocycles. The van der Waals surface area contributed by atoms with Crippen LogP contribution in [0, 0.1) is 6.57 Å². The quantitative estimate of drug-likeness (QED) is 0.166. The zero-order chi connectivity index (χ0) is 35.0. The van der Waals surface area contributed by atoms with E-state index in [0.717, 1.165) is 50.0 Å². The lowest BCUT2D eigenvalue weighted by molar-refractivity contribution is 1.16. The van der Waals surface area contributed by atoms with Crippen LogP contribution in [0.5, 0.6) is 0 Å². The van der Waals surface area contributed by atoms with E-state index in [1.807, 2.05) is 12.1 Å². The van der Waals surface area contributed by atoms with Crippen LogP contribution >= 0.6 is 0 Å². The third-order valence-electron chi connectivity index (χ3n) is 10.8. The highest BCUT2D eigenvalue weighted by Gasteiger charge is 2.19. The van der Waals surface area contributed by atoms with Crippen molar-refractivity contribution in [2.75, 3.05) is 0 Å². The van der Waals surface area contributed by atoms with Gasteiger partial charge in [0.25, 0.3) is 0 Å². The lowest BCUT2D eigenvalue weighted by atomic mass is 10.0. The SMILES string of the molecule is [C-]#[N+]c1ccc2c(c1)c1ccccc1n2-c1ccccc1-c1cccc(-n2c3ccccc3c3cc(-n4c5ccccc5c5ccccc54)ccc32)c1. The van der Waals surface area contributed by atoms with Crippen LogP contribution in [-0.4, -0.2) is 13.7 Å². The summed E-state index contributed by atoms with van der Waals surface area (Å²) in [6.45, 7) is 7.64. The number of fused-ring (bicyclic) bond motifs is 9. The zero-order valence-corrected chi connectivity index (χ0v) is 28.6. The molecule has 0 bridgehead atoms. The highest BCUT2D eigenvalue weighted by atomic mass is 15.0. The Kier molecular flexibility index (Phi) is 6.28. The Morgan fingerprint density at radius 1 is 0.340 bits per heavy atom. The minimum atomic E-state index is 0.648. The molecule has 11 aromatic rings. The Labute approximate surface area is 305 Å². The third-order valence-corrected chi connectivity index (χ3v) is 10.8. The van der Waals surface area contributed by atoms with Gasteiger partial charge in [-0.3, -0.25) is 0 Å². The second kappa shape index (κ2) is 11.3. The molecule has 0 N–H and O–H groups in total. The average molecular weight is 675 g/mol. The molecule has 0 radical (unpaired) electrons. The first-order chi connectivity index (χ1) is 26.3. The Balaban J connectivity index is 1.11. The van der Waals surface area contributed by atoms with Crippen molar-refractivity contribution < 1.29 is 0 Å². The standard InChI is InChI=1S/C49H30N4/c1-50-33-25-27-49-41(30-33)39-18-6-11-24-47(39)53(49)43-20-7-2-15-36(43)32-13-12-14-34(29-32)51-46-23-10-5-19-40(46)42-31-35(26-28-48(42)51)52-44-21-8-3-16-37(44)38-17-4-9-22-45(38)52/h2-31H. The van der Waals surface area contributed by atoms with Gasteiger partial charge < -0.3 is 13.7 Å². The number of rotatable bonds is 4. The maximum atomic E-state index is 7.64. The van der Waals surface area contributed by atoms with E-state index >= 15 is 0 Å². The Morgan fingerprint density at radius 2 is 0.811 bits per heavy atom. The monoisotopic (exact) mass is 674 g/mol. The van der Waals surface area contributed by atoms with Gasteiger partial charge in [-0.15, -0.1) is 0 Å². The normalized spacial score (nSPS) is 11.8. The maximum absolute atomic E-state index is 7.64. The summed E-state index contributed by atoms with van der Waals surface area (Å²) in [5.74, 6) is 0. The molecule has 4 heteroatoms. The molecule has 8 aromatic carbocycles. The van der Waals surface area contributed by atoms with Crippen LogP contribution in [0.25, 0.3) is 98.5 Å². The number of hydrogen-bond acceptors (Lipinski definition) is 0. The highest BCUT2D eigenvalue weighted by Crippen LogP contribution is 2.40. The van der Waals surface area contributed by atoms with Crippen LogP contribution in [-0.2, 0) is 0 Å². The third kappa shape index (κ3) is 4.29. The van der Waals surface area contributed by atoms with Crippen molar-refractivity contribution >= 4 is 71.1 Å². The fourth-order valence-corrected chi connectivity index (χ4v) is 8.59. The van der Waals surface area contributed by atoms with Crippen LogP contribution in [0.1, 0.15) is 0 Å². The lowest BCUT2D eigenvalue weighted by Gasteiger charge is -2.16. The fraction of sp³-hybridized carbons (Fsp3) is 0. The molecule has 0 aliphatic rings. The minimum absolute atomic E-state index is 0.648. The van der Waals surface area contributed by atoms with Crippen molar-refractivity contribution in [3.63, 3.8) is 0 Å². The average Bonchev–Trinajstić information content (AvgIpc) is 3.86. The summed E-state index contributed by atoms with van der Waals surface area (Å²) >= 11 is 0. The Hall–Kier alpha value is -7.35. The van der Waals surface area contributed by atoms with Gasteiger partial charge in [-0.25, -0.2) is 4.85 Å². The van der Waals surface area contributed by atoms with E-state index in [4.69, 9.17) is 6.57 Å². The molecule has 11 rings (SSSR count). The van der Waals surface area contributed by atoms with E-state index in [1.54, 1.807) is 0 Å². The first kappa shape index (κ1) is 29.4. The molecule has 0 spiro atoms. The first-order valence-corrected chi connectivity index (χ1v) is 17.9. The molecule has 0 aliphatic carbocycles. The maximum Gasteiger partial charge on any atom is 0.188 e. The van der Waals surface area contributed by atoms with Gasteiger partial charge in [-0.1, -0.05) is 109 Å². The minimum Gasteiger partial charge on any atom is -0.309 e. The van der Waals surface area contributed by atoms with Crippen molar-refractivity contribution in [2.45, 2.75) is 0 Å². The van der Waals surface area contributed by atoms with Crippen LogP contribution in [0.2, 0.25) is 0 Å². The van der Waals surface area contributed by atoms with Gasteiger partial charge in [0, 0.05) is 43.9 Å². The van der Waals surface area contributed by atoms with Gasteiger partial charge in [0.05, 0.1) is 45.4 Å². The summed E-state index contributed by atoms with van der Waals surface area (Å²) in [4.78, 5) is 3.73. The molecule has 0 fully saturated rings. The van der Waals surface area contributed by atoms with Crippen LogP contribution in [0.15, 0.2) is 182 Å². The first-order valence-electron chi connectivity index (χ1n) is 17.9. The van der Waals surface area contributed by atoms with E-state index in [1.165, 1.54) is 43.6 Å². The molecule has 3 aromatic heterocycles. The Bertz CT molecular complexity index is 3260. The van der Waals surface area contributed by atoms with Crippen LogP contribution in [0.4, 0.5) is 5.69 Å². The van der Waals surface area contributed by atoms with Gasteiger partial charge in [0.1, 0.15) is 0 Å². The van der Waals surface area contributed by atoms with E-state index in [2.05, 4.69) is 188 Å². The van der Waals surface area contributed by atoms with Crippen LogP contribution in [0.3, 0.4) is 0 Å². The fourth-order valence-electron chi connectivity index (χ4n) is 8.59. The van der Waals surface area contributed by atoms with E-state index in [0.29, 0.717) is 5.69 Å². The molecule has 53 heavy (non-hydrogen) atoms. The van der Waals surface area contributed by atoms with Gasteiger partial charge >= 0.3 is 0 Å². The summed E-state index contributed by atoms with van der Waals surface area (Å²) in [5, 5.41) is 7.19. The molecule has 246 valence electrons. The van der Waals surface area contributed by atoms with Gasteiger partial charge in [0.15, 0.2) is 5.69 Å². The number of aromatic nitrogens is 3. The van der Waals surface area contributed by atoms with E-state index in [9.17, 15) is 0 Å². The number of benzene rings is 8. The summed E-state index contributed by atoms with van der Waals surface area (Å²) in [6.07, 6.45) is 0. The van der Waals surface area contributed by atoms with Gasteiger partial charge in [0.2, 0.25) is 0 Å². The van der Waals surface area contributed by atoms with Crippen molar-refractivity contribution in [1.29, 1.82) is 0 Å². The smallest absolute Gasteiger partial charge is 0.188 e. The van der Waals surface area contributed by atoms with Crippen molar-refractivity contribution in [2.24, 2.45) is 0 Å². The second-order valence-electron chi connectivity index (χ2n) is 13.7. The largest absolute Gasteiger partial charge is 0.309 e. The second-order valence-corrected chi connectivity index (χ2v) is 13.7. The lowest BCUT2D eigenvalue weighted by Crippen LogP contribution is -1.98. The number of para-hydroxylation sites is 5. The van der Waals surface area contributed by atoms with Gasteiger partial charge in [-0.05, 0) is 83.7 Å². The number of nitrogens with zero attached hydrogens (tertiary/aromatic N) is 4. The summed E-state index contributed by atoms with van der Waals surface area (Å²) in [6, 6.07) is 65.1. The van der Waals surface area contributed by atoms with Crippen LogP contribution < -0.4 is 0 Å². The molecule has 0 saturated heterocycles. The molecule has 4 nitrogen and oxygen atoms in total. The predicted molar refractivity (Wildman–Crippen MR) is 221 cm³/mol. The Morgan fingerprint density at radius 3 is 1.45 bits per heavy atom. The molecule has 0 saturated carbocycles. The molecule has 0 atom stereocenters. The van der Waals surface area contributed by atoms with Crippen molar-refractivity contribution in [3.05, 3.63) is 193 Å². The van der Waals surface area contributed by atoms with Gasteiger partial charge in [-0.2, -0.15) is 0 Å². The topological polar surface area (TPSA) is 19.1 Å². The summed E-state index contributed by atoms with van der Waals surface area (Å²) < 4.78 is 7.14. The molecule has 0 unspecified atom stereocenters. The molecule has 0 amide bonds. The summed E-state index contributed by atoms with van der Waals surface area (Å²) in [5.41, 5.74) is 13.2. The van der Waals surface area contributed by atoms with Crippen molar-refractivity contribution in [1.82, 2.24) is 13.7 Å². The predicted octanol–water partition coefficient (Wildman–Crippen LogP) is 13.2. The van der Waals surface area contributed by atoms with E-state index < -0.39 is 0 Å².